The summed E-state index contributed by atoms with van der Waals surface area (Å²) < 4.78 is 10.6. The molecule has 1 atom stereocenters. The van der Waals surface area contributed by atoms with Gasteiger partial charge in [-0.2, -0.15) is 0 Å². The van der Waals surface area contributed by atoms with Crippen molar-refractivity contribution >= 4 is 23.5 Å². The number of primary amides is 1. The summed E-state index contributed by atoms with van der Waals surface area (Å²) in [5.41, 5.74) is 6.96. The summed E-state index contributed by atoms with van der Waals surface area (Å²) in [6.45, 7) is 2.81. The summed E-state index contributed by atoms with van der Waals surface area (Å²) in [6.07, 6.45) is 0.0751. The zero-order valence-electron chi connectivity index (χ0n) is 16.8. The number of benzene rings is 2. The monoisotopic (exact) mass is 419 g/mol. The topological polar surface area (TPSA) is 93.9 Å². The number of nitrogens with zero attached hydrogens (tertiary/aromatic N) is 1. The number of hydrogen-bond acceptors (Lipinski definition) is 4. The SMILES string of the molecule is CCN(Cc1ccc(OC)c(OC)c1)C(=O)C[C@@H](NC(N)=O)c1ccc(Cl)cc1. The third-order valence-electron chi connectivity index (χ3n) is 4.52. The number of methoxy groups -OCH3 is 2. The third-order valence-corrected chi connectivity index (χ3v) is 4.78. The van der Waals surface area contributed by atoms with Gasteiger partial charge >= 0.3 is 6.03 Å². The highest BCUT2D eigenvalue weighted by Gasteiger charge is 2.21. The van der Waals surface area contributed by atoms with E-state index in [9.17, 15) is 9.59 Å². The molecule has 2 aromatic rings. The first-order chi connectivity index (χ1) is 13.9. The number of urea groups is 1. The number of carbonyl (C=O) groups excluding carboxylic acids is 2. The lowest BCUT2D eigenvalue weighted by atomic mass is 10.0. The average molecular weight is 420 g/mol. The highest BCUT2D eigenvalue weighted by molar-refractivity contribution is 6.30. The van der Waals surface area contributed by atoms with E-state index in [0.717, 1.165) is 11.1 Å². The molecule has 0 fully saturated rings. The van der Waals surface area contributed by atoms with Crippen LogP contribution < -0.4 is 20.5 Å². The minimum atomic E-state index is -0.694. The van der Waals surface area contributed by atoms with E-state index in [-0.39, 0.29) is 12.3 Å². The predicted octanol–water partition coefficient (Wildman–Crippen LogP) is 3.51. The molecule has 7 nitrogen and oxygen atoms in total. The van der Waals surface area contributed by atoms with Crippen LogP contribution in [0.15, 0.2) is 42.5 Å². The van der Waals surface area contributed by atoms with Gasteiger partial charge in [0.2, 0.25) is 5.91 Å². The molecule has 8 heteroatoms. The summed E-state index contributed by atoms with van der Waals surface area (Å²) in [4.78, 5) is 26.1. The summed E-state index contributed by atoms with van der Waals surface area (Å²) in [7, 11) is 3.14. The van der Waals surface area contributed by atoms with Crippen molar-refractivity contribution in [2.45, 2.75) is 25.9 Å². The molecule has 3 N–H and O–H groups in total. The number of halogens is 1. The molecule has 0 heterocycles. The van der Waals surface area contributed by atoms with E-state index in [4.69, 9.17) is 26.8 Å². The van der Waals surface area contributed by atoms with Crippen LogP contribution in [0, 0.1) is 0 Å². The van der Waals surface area contributed by atoms with Crippen LogP contribution in [0.4, 0.5) is 4.79 Å². The normalized spacial score (nSPS) is 11.4. The summed E-state index contributed by atoms with van der Waals surface area (Å²) >= 11 is 5.93. The van der Waals surface area contributed by atoms with Crippen LogP contribution in [0.3, 0.4) is 0 Å². The molecule has 0 aliphatic rings. The van der Waals surface area contributed by atoms with Crippen LogP contribution in [0.25, 0.3) is 0 Å². The molecule has 0 unspecified atom stereocenters. The second-order valence-electron chi connectivity index (χ2n) is 6.41. The molecule has 0 radical (unpaired) electrons. The number of carbonyl (C=O) groups is 2. The Morgan fingerprint density at radius 2 is 1.76 bits per heavy atom. The van der Waals surface area contributed by atoms with Gasteiger partial charge < -0.3 is 25.4 Å². The molecule has 2 rings (SSSR count). The van der Waals surface area contributed by atoms with Gasteiger partial charge in [-0.3, -0.25) is 4.79 Å². The second-order valence-corrected chi connectivity index (χ2v) is 6.85. The second kappa shape index (κ2) is 10.6. The van der Waals surface area contributed by atoms with E-state index in [1.807, 2.05) is 19.1 Å². The fourth-order valence-corrected chi connectivity index (χ4v) is 3.12. The summed E-state index contributed by atoms with van der Waals surface area (Å²) in [5.74, 6) is 1.11. The minimum absolute atomic E-state index is 0.0751. The first-order valence-electron chi connectivity index (χ1n) is 9.18. The Morgan fingerprint density at radius 1 is 1.10 bits per heavy atom. The molecule has 156 valence electrons. The van der Waals surface area contributed by atoms with E-state index in [1.54, 1.807) is 49.5 Å². The maximum Gasteiger partial charge on any atom is 0.312 e. The van der Waals surface area contributed by atoms with Gasteiger partial charge in [0.1, 0.15) is 0 Å². The Balaban J connectivity index is 2.15. The van der Waals surface area contributed by atoms with Crippen LogP contribution >= 0.6 is 11.6 Å². The Hall–Kier alpha value is -2.93. The van der Waals surface area contributed by atoms with E-state index < -0.39 is 12.1 Å². The number of hydrogen-bond donors (Lipinski definition) is 2. The molecule has 0 aliphatic heterocycles. The molecular weight excluding hydrogens is 394 g/mol. The van der Waals surface area contributed by atoms with Gasteiger partial charge in [0.15, 0.2) is 11.5 Å². The smallest absolute Gasteiger partial charge is 0.312 e. The van der Waals surface area contributed by atoms with Gasteiger partial charge in [0.05, 0.1) is 26.7 Å². The van der Waals surface area contributed by atoms with Crippen molar-refractivity contribution in [2.24, 2.45) is 5.73 Å². The quantitative estimate of drug-likeness (QED) is 0.650. The molecule has 0 saturated heterocycles. The molecular formula is C21H26ClN3O4. The lowest BCUT2D eigenvalue weighted by Crippen LogP contribution is -2.38. The maximum absolute atomic E-state index is 12.9. The van der Waals surface area contributed by atoms with Gasteiger partial charge in [0.25, 0.3) is 0 Å². The first kappa shape index (κ1) is 22.4. The van der Waals surface area contributed by atoms with Crippen LogP contribution in [0.2, 0.25) is 5.02 Å². The van der Waals surface area contributed by atoms with Crippen molar-refractivity contribution in [3.05, 3.63) is 58.6 Å². The van der Waals surface area contributed by atoms with Crippen molar-refractivity contribution in [3.8, 4) is 11.5 Å². The molecule has 0 aromatic heterocycles. The Labute approximate surface area is 175 Å². The van der Waals surface area contributed by atoms with E-state index in [1.165, 1.54) is 0 Å². The van der Waals surface area contributed by atoms with Gasteiger partial charge in [-0.15, -0.1) is 0 Å². The van der Waals surface area contributed by atoms with Gasteiger partial charge in [-0.05, 0) is 42.3 Å². The number of nitrogens with two attached hydrogens (primary N) is 1. The highest BCUT2D eigenvalue weighted by Crippen LogP contribution is 2.28. The van der Waals surface area contributed by atoms with E-state index in [0.29, 0.717) is 29.6 Å². The zero-order chi connectivity index (χ0) is 21.4. The molecule has 0 saturated carbocycles. The van der Waals surface area contributed by atoms with E-state index >= 15 is 0 Å². The highest BCUT2D eigenvalue weighted by atomic mass is 35.5. The summed E-state index contributed by atoms with van der Waals surface area (Å²) in [6, 6.07) is 11.2. The van der Waals surface area contributed by atoms with E-state index in [2.05, 4.69) is 5.32 Å². The van der Waals surface area contributed by atoms with Crippen LogP contribution in [0.1, 0.15) is 30.5 Å². The molecule has 0 aliphatic carbocycles. The van der Waals surface area contributed by atoms with Gasteiger partial charge in [-0.1, -0.05) is 29.8 Å². The molecule has 2 aromatic carbocycles. The third kappa shape index (κ3) is 6.29. The van der Waals surface area contributed by atoms with Crippen molar-refractivity contribution < 1.29 is 19.1 Å². The molecule has 3 amide bonds. The van der Waals surface area contributed by atoms with Gasteiger partial charge in [-0.25, -0.2) is 4.79 Å². The van der Waals surface area contributed by atoms with Crippen LogP contribution in [0.5, 0.6) is 11.5 Å². The first-order valence-corrected chi connectivity index (χ1v) is 9.55. The lowest BCUT2D eigenvalue weighted by molar-refractivity contribution is -0.132. The fourth-order valence-electron chi connectivity index (χ4n) is 3.00. The fraction of sp³-hybridized carbons (Fsp3) is 0.333. The lowest BCUT2D eigenvalue weighted by Gasteiger charge is -2.25. The van der Waals surface area contributed by atoms with Crippen molar-refractivity contribution in [2.75, 3.05) is 20.8 Å². The van der Waals surface area contributed by atoms with Crippen molar-refractivity contribution in [1.29, 1.82) is 0 Å². The Bertz CT molecular complexity index is 842. The number of amides is 3. The average Bonchev–Trinajstić information content (AvgIpc) is 2.71. The summed E-state index contributed by atoms with van der Waals surface area (Å²) in [5, 5.41) is 3.21. The van der Waals surface area contributed by atoms with Crippen LogP contribution in [-0.2, 0) is 11.3 Å². The minimum Gasteiger partial charge on any atom is -0.493 e. The predicted molar refractivity (Wildman–Crippen MR) is 112 cm³/mol. The number of rotatable bonds is 9. The van der Waals surface area contributed by atoms with Crippen molar-refractivity contribution in [1.82, 2.24) is 10.2 Å². The van der Waals surface area contributed by atoms with Crippen LogP contribution in [-0.4, -0.2) is 37.6 Å². The molecule has 0 spiro atoms. The zero-order valence-corrected chi connectivity index (χ0v) is 17.5. The largest absolute Gasteiger partial charge is 0.493 e. The van der Waals surface area contributed by atoms with Crippen molar-refractivity contribution in [3.63, 3.8) is 0 Å². The number of ether oxygens (including phenoxy) is 2. The van der Waals surface area contributed by atoms with Gasteiger partial charge in [0, 0.05) is 18.1 Å². The number of nitrogens with one attached hydrogen (secondary N) is 1. The maximum atomic E-state index is 12.9. The molecule has 29 heavy (non-hydrogen) atoms. The standard InChI is InChI=1S/C21H26ClN3O4/c1-4-25(13-14-5-10-18(28-2)19(11-14)29-3)20(26)12-17(24-21(23)27)15-6-8-16(22)9-7-15/h5-11,17H,4,12-13H2,1-3H3,(H3,23,24,27)/t17-/m1/s1. The molecule has 0 bridgehead atoms. The Kier molecular flexibility index (Phi) is 8.15. The Morgan fingerprint density at radius 3 is 2.31 bits per heavy atom.